The van der Waals surface area contributed by atoms with Crippen molar-refractivity contribution < 1.29 is 14.3 Å². The minimum atomic E-state index is -0.380. The molecule has 0 atom stereocenters. The summed E-state index contributed by atoms with van der Waals surface area (Å²) in [6.07, 6.45) is 1.77. The molecule has 5 nitrogen and oxygen atoms in total. The second kappa shape index (κ2) is 6.49. The molecule has 0 spiro atoms. The second-order valence-electron chi connectivity index (χ2n) is 6.24. The van der Waals surface area contributed by atoms with E-state index in [1.54, 1.807) is 0 Å². The molecular weight excluding hydrogens is 316 g/mol. The fourth-order valence-electron chi connectivity index (χ4n) is 3.20. The molecule has 0 N–H and O–H groups in total. The van der Waals surface area contributed by atoms with Gasteiger partial charge in [-0.2, -0.15) is 0 Å². The van der Waals surface area contributed by atoms with E-state index in [0.717, 1.165) is 18.4 Å². The predicted octanol–water partition coefficient (Wildman–Crippen LogP) is 1.69. The van der Waals surface area contributed by atoms with Gasteiger partial charge >= 0.3 is 5.97 Å². The lowest BCUT2D eigenvalue weighted by atomic mass is 9.94. The van der Waals surface area contributed by atoms with Crippen LogP contribution in [0.25, 0.3) is 0 Å². The molecule has 3 rings (SSSR count). The van der Waals surface area contributed by atoms with Gasteiger partial charge in [-0.1, -0.05) is 23.7 Å². The molecule has 2 aliphatic rings. The van der Waals surface area contributed by atoms with E-state index in [2.05, 4.69) is 4.74 Å². The molecule has 124 valence electrons. The third-order valence-corrected chi connectivity index (χ3v) is 5.01. The van der Waals surface area contributed by atoms with E-state index in [4.69, 9.17) is 11.6 Å². The molecule has 0 radical (unpaired) electrons. The zero-order chi connectivity index (χ0) is 16.4. The van der Waals surface area contributed by atoms with Crippen molar-refractivity contribution in [2.24, 2.45) is 0 Å². The zero-order valence-corrected chi connectivity index (χ0v) is 14.0. The van der Waals surface area contributed by atoms with Gasteiger partial charge in [-0.15, -0.1) is 0 Å². The second-order valence-corrected chi connectivity index (χ2v) is 6.67. The molecule has 1 saturated carbocycles. The summed E-state index contributed by atoms with van der Waals surface area (Å²) in [5.74, 6) is -0.0418. The van der Waals surface area contributed by atoms with Crippen molar-refractivity contribution in [3.05, 3.63) is 34.9 Å². The molecule has 0 bridgehead atoms. The lowest BCUT2D eigenvalue weighted by Gasteiger charge is -2.36. The van der Waals surface area contributed by atoms with Crippen LogP contribution in [0, 0.1) is 0 Å². The molecule has 1 aliphatic heterocycles. The van der Waals surface area contributed by atoms with E-state index in [0.29, 0.717) is 31.2 Å². The Morgan fingerprint density at radius 2 is 1.91 bits per heavy atom. The van der Waals surface area contributed by atoms with Crippen molar-refractivity contribution in [3.8, 4) is 0 Å². The third kappa shape index (κ3) is 3.35. The number of halogens is 1. The fourth-order valence-corrected chi connectivity index (χ4v) is 3.39. The number of hydrogen-bond acceptors (Lipinski definition) is 4. The normalized spacial score (nSPS) is 20.2. The highest BCUT2D eigenvalue weighted by atomic mass is 35.5. The van der Waals surface area contributed by atoms with Crippen LogP contribution in [-0.4, -0.2) is 61.5 Å². The van der Waals surface area contributed by atoms with E-state index in [1.165, 1.54) is 7.11 Å². The lowest BCUT2D eigenvalue weighted by Crippen LogP contribution is -2.52. The first-order chi connectivity index (χ1) is 11.0. The van der Waals surface area contributed by atoms with Crippen LogP contribution < -0.4 is 0 Å². The number of nitrogens with zero attached hydrogens (tertiary/aromatic N) is 2. The average Bonchev–Trinajstić information content (AvgIpc) is 3.36. The number of piperazine rings is 1. The highest BCUT2D eigenvalue weighted by Crippen LogP contribution is 2.50. The number of esters is 1. The Bertz CT molecular complexity index is 608. The Labute approximate surface area is 141 Å². The number of carbonyl (C=O) groups is 2. The van der Waals surface area contributed by atoms with Crippen LogP contribution in [0.2, 0.25) is 5.02 Å². The summed E-state index contributed by atoms with van der Waals surface area (Å²) in [5.41, 5.74) is 0.641. The van der Waals surface area contributed by atoms with Crippen molar-refractivity contribution in [2.45, 2.75) is 18.3 Å². The van der Waals surface area contributed by atoms with Crippen LogP contribution in [0.15, 0.2) is 24.3 Å². The summed E-state index contributed by atoms with van der Waals surface area (Å²) >= 11 is 6.08. The van der Waals surface area contributed by atoms with Gasteiger partial charge in [-0.05, 0) is 30.5 Å². The Balaban J connectivity index is 1.63. The van der Waals surface area contributed by atoms with Gasteiger partial charge in [-0.3, -0.25) is 14.5 Å². The first-order valence-corrected chi connectivity index (χ1v) is 8.27. The Morgan fingerprint density at radius 3 is 2.48 bits per heavy atom. The molecule has 1 heterocycles. The Morgan fingerprint density at radius 1 is 1.22 bits per heavy atom. The topological polar surface area (TPSA) is 49.9 Å². The number of hydrogen-bond donors (Lipinski definition) is 0. The van der Waals surface area contributed by atoms with E-state index < -0.39 is 0 Å². The molecule has 1 aromatic rings. The predicted molar refractivity (Wildman–Crippen MR) is 87.4 cm³/mol. The SMILES string of the molecule is COC(=O)CN1CCN(C(=O)C2(c3cccc(Cl)c3)CC2)CC1. The molecular formula is C17H21ClN2O3. The van der Waals surface area contributed by atoms with Gasteiger partial charge < -0.3 is 9.64 Å². The summed E-state index contributed by atoms with van der Waals surface area (Å²) in [6.45, 7) is 2.99. The summed E-state index contributed by atoms with van der Waals surface area (Å²) in [4.78, 5) is 28.2. The van der Waals surface area contributed by atoms with Crippen LogP contribution in [0.4, 0.5) is 0 Å². The van der Waals surface area contributed by atoms with Crippen LogP contribution >= 0.6 is 11.6 Å². The van der Waals surface area contributed by atoms with Gasteiger partial charge in [-0.25, -0.2) is 0 Å². The average molecular weight is 337 g/mol. The summed E-state index contributed by atoms with van der Waals surface area (Å²) < 4.78 is 4.69. The van der Waals surface area contributed by atoms with Crippen LogP contribution in [0.1, 0.15) is 18.4 Å². The standard InChI is InChI=1S/C17H21ClN2O3/c1-23-15(21)12-19-7-9-20(10-8-19)16(22)17(5-6-17)13-3-2-4-14(18)11-13/h2-4,11H,5-10,12H2,1H3. The summed E-state index contributed by atoms with van der Waals surface area (Å²) in [6, 6.07) is 7.63. The number of carbonyl (C=O) groups excluding carboxylic acids is 2. The molecule has 1 aromatic carbocycles. The van der Waals surface area contributed by atoms with Crippen molar-refractivity contribution in [3.63, 3.8) is 0 Å². The highest BCUT2D eigenvalue weighted by Gasteiger charge is 2.53. The van der Waals surface area contributed by atoms with Gasteiger partial charge in [0.05, 0.1) is 19.1 Å². The van der Waals surface area contributed by atoms with Gasteiger partial charge in [0, 0.05) is 31.2 Å². The number of rotatable bonds is 4. The van der Waals surface area contributed by atoms with Crippen LogP contribution in [0.5, 0.6) is 0 Å². The Hall–Kier alpha value is -1.59. The van der Waals surface area contributed by atoms with Crippen molar-refractivity contribution in [1.29, 1.82) is 0 Å². The molecule has 1 amide bonds. The highest BCUT2D eigenvalue weighted by molar-refractivity contribution is 6.30. The monoisotopic (exact) mass is 336 g/mol. The maximum absolute atomic E-state index is 13.0. The first kappa shape index (κ1) is 16.3. The first-order valence-electron chi connectivity index (χ1n) is 7.90. The molecule has 2 fully saturated rings. The molecule has 1 aliphatic carbocycles. The smallest absolute Gasteiger partial charge is 0.319 e. The van der Waals surface area contributed by atoms with E-state index >= 15 is 0 Å². The van der Waals surface area contributed by atoms with Gasteiger partial charge in [0.1, 0.15) is 0 Å². The minimum absolute atomic E-state index is 0.192. The van der Waals surface area contributed by atoms with Crippen LogP contribution in [0.3, 0.4) is 0 Å². The van der Waals surface area contributed by atoms with Crippen molar-refractivity contribution in [1.82, 2.24) is 9.80 Å². The van der Waals surface area contributed by atoms with E-state index in [1.807, 2.05) is 34.1 Å². The molecule has 6 heteroatoms. The summed E-state index contributed by atoms with van der Waals surface area (Å²) in [5, 5.41) is 0.671. The maximum atomic E-state index is 13.0. The molecule has 0 unspecified atom stereocenters. The quantitative estimate of drug-likeness (QED) is 0.785. The molecule has 1 saturated heterocycles. The van der Waals surface area contributed by atoms with Crippen molar-refractivity contribution in [2.75, 3.05) is 39.8 Å². The maximum Gasteiger partial charge on any atom is 0.319 e. The largest absolute Gasteiger partial charge is 0.468 e. The van der Waals surface area contributed by atoms with Gasteiger partial charge in [0.2, 0.25) is 5.91 Å². The number of benzene rings is 1. The number of ether oxygens (including phenoxy) is 1. The van der Waals surface area contributed by atoms with E-state index in [-0.39, 0.29) is 23.8 Å². The number of methoxy groups -OCH3 is 1. The fraction of sp³-hybridized carbons (Fsp3) is 0.529. The van der Waals surface area contributed by atoms with Crippen molar-refractivity contribution >= 4 is 23.5 Å². The lowest BCUT2D eigenvalue weighted by molar-refractivity contribution is -0.143. The third-order valence-electron chi connectivity index (χ3n) is 4.78. The van der Waals surface area contributed by atoms with Crippen LogP contribution in [-0.2, 0) is 19.7 Å². The molecule has 0 aromatic heterocycles. The van der Waals surface area contributed by atoms with Gasteiger partial charge in [0.25, 0.3) is 0 Å². The van der Waals surface area contributed by atoms with E-state index in [9.17, 15) is 9.59 Å². The minimum Gasteiger partial charge on any atom is -0.468 e. The Kier molecular flexibility index (Phi) is 4.60. The van der Waals surface area contributed by atoms with Gasteiger partial charge in [0.15, 0.2) is 0 Å². The zero-order valence-electron chi connectivity index (χ0n) is 13.3. The molecule has 23 heavy (non-hydrogen) atoms. The summed E-state index contributed by atoms with van der Waals surface area (Å²) in [7, 11) is 1.39. The number of amides is 1.